The molecule has 0 amide bonds. The molecule has 1 N–H and O–H groups in total. The van der Waals surface area contributed by atoms with Crippen LogP contribution < -0.4 is 0 Å². The first-order chi connectivity index (χ1) is 12.8. The maximum atomic E-state index is 12.0. The van der Waals surface area contributed by atoms with E-state index in [-0.39, 0.29) is 23.7 Å². The lowest BCUT2D eigenvalue weighted by molar-refractivity contribution is -0.286. The summed E-state index contributed by atoms with van der Waals surface area (Å²) in [5.41, 5.74) is -1.15. The summed E-state index contributed by atoms with van der Waals surface area (Å²) in [5, 5.41) is 10.9. The maximum Gasteiger partial charge on any atom is 0.303 e. The topological polar surface area (TPSA) is 99.1 Å². The second-order valence-electron chi connectivity index (χ2n) is 9.68. The zero-order valence-electron chi connectivity index (χ0n) is 17.7. The van der Waals surface area contributed by atoms with Crippen LogP contribution >= 0.6 is 0 Å². The highest BCUT2D eigenvalue weighted by Crippen LogP contribution is 2.74. The SMILES string of the molecule is CC(=O)O[C@@H]1[C@@H](OC(C)=O)C(C)(C)[C@H]2[C@@H]3[C@@H](C)C[C@@H](O)[C@H]2[C@]3(C)[C@@H]1OC(C)=O. The largest absolute Gasteiger partial charge is 0.458 e. The maximum absolute atomic E-state index is 12.0. The van der Waals surface area contributed by atoms with E-state index in [1.54, 1.807) is 0 Å². The van der Waals surface area contributed by atoms with Crippen LogP contribution in [-0.4, -0.2) is 47.4 Å². The van der Waals surface area contributed by atoms with Gasteiger partial charge in [0.2, 0.25) is 0 Å². The van der Waals surface area contributed by atoms with Gasteiger partial charge in [-0.2, -0.15) is 0 Å². The first kappa shape index (κ1) is 21.1. The third-order valence-electron chi connectivity index (χ3n) is 7.54. The van der Waals surface area contributed by atoms with E-state index in [0.29, 0.717) is 6.42 Å². The number of rotatable bonds is 3. The molecule has 0 spiro atoms. The van der Waals surface area contributed by atoms with E-state index in [0.717, 1.165) is 0 Å². The number of carbonyl (C=O) groups excluding carboxylic acids is 3. The number of ether oxygens (including phenoxy) is 3. The van der Waals surface area contributed by atoms with Crippen molar-refractivity contribution in [2.45, 2.75) is 79.3 Å². The number of aliphatic hydroxyl groups excluding tert-OH is 1. The van der Waals surface area contributed by atoms with Gasteiger partial charge in [-0.1, -0.05) is 27.7 Å². The molecular formula is C21H32O7. The summed E-state index contributed by atoms with van der Waals surface area (Å²) in [4.78, 5) is 35.9. The van der Waals surface area contributed by atoms with Crippen molar-refractivity contribution in [1.82, 2.24) is 0 Å². The molecule has 4 fully saturated rings. The molecule has 0 radical (unpaired) electrons. The average molecular weight is 396 g/mol. The molecule has 7 nitrogen and oxygen atoms in total. The molecule has 4 saturated carbocycles. The predicted molar refractivity (Wildman–Crippen MR) is 98.8 cm³/mol. The van der Waals surface area contributed by atoms with E-state index in [1.807, 2.05) is 20.8 Å². The summed E-state index contributed by atoms with van der Waals surface area (Å²) in [6, 6.07) is 0. The minimum Gasteiger partial charge on any atom is -0.458 e. The van der Waals surface area contributed by atoms with E-state index >= 15 is 0 Å². The normalized spacial score (nSPS) is 45.9. The summed E-state index contributed by atoms with van der Waals surface area (Å²) in [6.45, 7) is 12.0. The van der Waals surface area contributed by atoms with Crippen LogP contribution in [-0.2, 0) is 28.6 Å². The van der Waals surface area contributed by atoms with Gasteiger partial charge < -0.3 is 19.3 Å². The minimum atomic E-state index is -0.930. The molecule has 7 heteroatoms. The number of carbonyl (C=O) groups is 3. The van der Waals surface area contributed by atoms with Gasteiger partial charge in [-0.05, 0) is 30.1 Å². The Kier molecular flexibility index (Phi) is 5.06. The molecule has 0 aromatic heterocycles. The Morgan fingerprint density at radius 2 is 1.32 bits per heavy atom. The summed E-state index contributed by atoms with van der Waals surface area (Å²) in [5.74, 6) is -1.24. The predicted octanol–water partition coefficient (Wildman–Crippen LogP) is 2.09. The number of esters is 3. The molecule has 28 heavy (non-hydrogen) atoms. The van der Waals surface area contributed by atoms with Gasteiger partial charge in [0.1, 0.15) is 12.2 Å². The molecule has 0 saturated heterocycles. The Balaban J connectivity index is 2.20. The van der Waals surface area contributed by atoms with Crippen molar-refractivity contribution in [1.29, 1.82) is 0 Å². The van der Waals surface area contributed by atoms with Gasteiger partial charge in [0, 0.05) is 31.6 Å². The van der Waals surface area contributed by atoms with E-state index in [2.05, 4.69) is 6.92 Å². The molecule has 0 heterocycles. The fourth-order valence-electron chi connectivity index (χ4n) is 6.91. The molecule has 0 unspecified atom stereocenters. The third-order valence-corrected chi connectivity index (χ3v) is 7.54. The van der Waals surface area contributed by atoms with Gasteiger partial charge in [0.15, 0.2) is 6.10 Å². The Morgan fingerprint density at radius 3 is 1.79 bits per heavy atom. The van der Waals surface area contributed by atoms with E-state index in [9.17, 15) is 19.5 Å². The number of aliphatic hydroxyl groups is 1. The van der Waals surface area contributed by atoms with Gasteiger partial charge in [0.25, 0.3) is 0 Å². The Bertz CT molecular complexity index is 668. The third kappa shape index (κ3) is 2.85. The van der Waals surface area contributed by atoms with Crippen LogP contribution in [0, 0.1) is 34.5 Å². The monoisotopic (exact) mass is 396 g/mol. The quantitative estimate of drug-likeness (QED) is 0.576. The number of hydrogen-bond donors (Lipinski definition) is 1. The molecule has 0 aromatic carbocycles. The van der Waals surface area contributed by atoms with Crippen LogP contribution in [0.15, 0.2) is 0 Å². The highest BCUT2D eigenvalue weighted by atomic mass is 16.6. The van der Waals surface area contributed by atoms with E-state index in [4.69, 9.17) is 14.2 Å². The van der Waals surface area contributed by atoms with Crippen LogP contribution in [0.25, 0.3) is 0 Å². The number of hydrogen-bond acceptors (Lipinski definition) is 7. The minimum absolute atomic E-state index is 0.0548. The lowest BCUT2D eigenvalue weighted by Gasteiger charge is -2.70. The summed E-state index contributed by atoms with van der Waals surface area (Å²) in [6.07, 6.45) is -2.39. The smallest absolute Gasteiger partial charge is 0.303 e. The van der Waals surface area contributed by atoms with E-state index < -0.39 is 53.2 Å². The van der Waals surface area contributed by atoms with Gasteiger partial charge in [-0.3, -0.25) is 14.4 Å². The zero-order chi connectivity index (χ0) is 21.2. The lowest BCUT2D eigenvalue weighted by Crippen LogP contribution is -2.72. The highest BCUT2D eigenvalue weighted by molar-refractivity contribution is 5.68. The molecule has 0 aromatic rings. The highest BCUT2D eigenvalue weighted by Gasteiger charge is 2.78. The average Bonchev–Trinajstić information content (AvgIpc) is 2.59. The molecule has 0 aliphatic heterocycles. The summed E-state index contributed by atoms with van der Waals surface area (Å²) < 4.78 is 17.1. The van der Waals surface area contributed by atoms with Crippen molar-refractivity contribution in [2.75, 3.05) is 0 Å². The van der Waals surface area contributed by atoms with Crippen LogP contribution in [0.2, 0.25) is 0 Å². The molecule has 4 rings (SSSR count). The van der Waals surface area contributed by atoms with Crippen molar-refractivity contribution < 1.29 is 33.7 Å². The second-order valence-corrected chi connectivity index (χ2v) is 9.68. The molecule has 4 aliphatic carbocycles. The van der Waals surface area contributed by atoms with Crippen molar-refractivity contribution in [3.05, 3.63) is 0 Å². The van der Waals surface area contributed by atoms with Crippen molar-refractivity contribution in [3.8, 4) is 0 Å². The van der Waals surface area contributed by atoms with E-state index in [1.165, 1.54) is 20.8 Å². The van der Waals surface area contributed by atoms with Gasteiger partial charge in [-0.15, -0.1) is 0 Å². The molecule has 158 valence electrons. The van der Waals surface area contributed by atoms with Crippen molar-refractivity contribution in [3.63, 3.8) is 0 Å². The van der Waals surface area contributed by atoms with Crippen LogP contribution in [0.4, 0.5) is 0 Å². The molecule has 4 bridgehead atoms. The van der Waals surface area contributed by atoms with Crippen LogP contribution in [0.3, 0.4) is 0 Å². The molecular weight excluding hydrogens is 364 g/mol. The Hall–Kier alpha value is -1.63. The van der Waals surface area contributed by atoms with Gasteiger partial charge >= 0.3 is 17.9 Å². The first-order valence-corrected chi connectivity index (χ1v) is 10.0. The van der Waals surface area contributed by atoms with Crippen LogP contribution in [0.1, 0.15) is 54.9 Å². The molecule has 4 aliphatic rings. The second kappa shape index (κ2) is 6.71. The van der Waals surface area contributed by atoms with Gasteiger partial charge in [0.05, 0.1) is 6.10 Å². The molecule has 9 atom stereocenters. The number of fused-ring (bicyclic) bond motifs is 3. The fourth-order valence-corrected chi connectivity index (χ4v) is 6.91. The standard InChI is InChI=1S/C21H32O7/c1-9-8-13(25)15-16-14(9)21(15,7)19(28-12(4)24)17(26-10(2)22)18(20(16,5)6)27-11(3)23/h9,13-19,25H,8H2,1-7H3/t9-,13+,14-,15+,16-,17+,18+,19+,21+/m0/s1. The van der Waals surface area contributed by atoms with Crippen molar-refractivity contribution in [2.24, 2.45) is 34.5 Å². The Labute approximate surface area is 166 Å². The lowest BCUT2D eigenvalue weighted by atomic mass is 9.35. The summed E-state index contributed by atoms with van der Waals surface area (Å²) in [7, 11) is 0. The fraction of sp³-hybridized carbons (Fsp3) is 0.857. The summed E-state index contributed by atoms with van der Waals surface area (Å²) >= 11 is 0. The van der Waals surface area contributed by atoms with Crippen molar-refractivity contribution >= 4 is 17.9 Å². The van der Waals surface area contributed by atoms with Crippen LogP contribution in [0.5, 0.6) is 0 Å². The first-order valence-electron chi connectivity index (χ1n) is 10.0. The van der Waals surface area contributed by atoms with Gasteiger partial charge in [-0.25, -0.2) is 0 Å². The Morgan fingerprint density at radius 1 is 0.821 bits per heavy atom. The zero-order valence-corrected chi connectivity index (χ0v) is 17.7.